The Morgan fingerprint density at radius 3 is 2.00 bits per heavy atom. The third-order valence-corrected chi connectivity index (χ3v) is 6.52. The summed E-state index contributed by atoms with van der Waals surface area (Å²) in [5.74, 6) is -1.27. The summed E-state index contributed by atoms with van der Waals surface area (Å²) in [5, 5.41) is 9.03. The maximum Gasteiger partial charge on any atom is 0.348 e. The van der Waals surface area contributed by atoms with Crippen LogP contribution in [0.25, 0.3) is 0 Å². The summed E-state index contributed by atoms with van der Waals surface area (Å²) in [6.45, 7) is 10.4. The summed E-state index contributed by atoms with van der Waals surface area (Å²) < 4.78 is 5.47. The molecule has 0 aromatic carbocycles. The number of aromatic carboxylic acids is 1. The molecule has 6 heteroatoms. The van der Waals surface area contributed by atoms with Gasteiger partial charge in [-0.15, -0.1) is 22.7 Å². The number of carboxylic acids is 1. The lowest BCUT2D eigenvalue weighted by Gasteiger charge is -2.22. The van der Waals surface area contributed by atoms with Crippen molar-refractivity contribution in [3.8, 4) is 0 Å². The van der Waals surface area contributed by atoms with Gasteiger partial charge in [0.1, 0.15) is 16.4 Å². The van der Waals surface area contributed by atoms with Crippen molar-refractivity contribution in [3.63, 3.8) is 0 Å². The van der Waals surface area contributed by atoms with Crippen LogP contribution in [0, 0.1) is 0 Å². The standard InChI is InChI=1S/C18H22O4S2/c1-17(2,3)13-8-7-12(24-13)16(21)22-10-18(4,5)14-9-6-11(23-14)15(19)20/h6-9H,10H2,1-5H3,(H,19,20). The third kappa shape index (κ3) is 4.24. The smallest absolute Gasteiger partial charge is 0.348 e. The fraction of sp³-hybridized carbons (Fsp3) is 0.444. The SMILES string of the molecule is CC(C)(C)c1ccc(C(=O)OCC(C)(C)c2ccc(C(=O)O)s2)s1. The van der Waals surface area contributed by atoms with Gasteiger partial charge in [-0.1, -0.05) is 34.6 Å². The van der Waals surface area contributed by atoms with Crippen LogP contribution < -0.4 is 0 Å². The Morgan fingerprint density at radius 2 is 1.50 bits per heavy atom. The van der Waals surface area contributed by atoms with Gasteiger partial charge in [-0.2, -0.15) is 0 Å². The lowest BCUT2D eigenvalue weighted by molar-refractivity contribution is 0.0435. The molecule has 0 aliphatic rings. The molecule has 0 aliphatic heterocycles. The van der Waals surface area contributed by atoms with Crippen LogP contribution in [0.4, 0.5) is 0 Å². The van der Waals surface area contributed by atoms with Crippen molar-refractivity contribution in [2.24, 2.45) is 0 Å². The topological polar surface area (TPSA) is 63.6 Å². The number of hydrogen-bond acceptors (Lipinski definition) is 5. The van der Waals surface area contributed by atoms with Crippen molar-refractivity contribution in [2.45, 2.75) is 45.4 Å². The highest BCUT2D eigenvalue weighted by Gasteiger charge is 2.27. The van der Waals surface area contributed by atoms with Crippen molar-refractivity contribution >= 4 is 34.6 Å². The van der Waals surface area contributed by atoms with Crippen LogP contribution in [-0.4, -0.2) is 23.7 Å². The van der Waals surface area contributed by atoms with Gasteiger partial charge < -0.3 is 9.84 Å². The first-order valence-corrected chi connectivity index (χ1v) is 9.25. The summed E-state index contributed by atoms with van der Waals surface area (Å²) in [6.07, 6.45) is 0. The van der Waals surface area contributed by atoms with Crippen LogP contribution in [-0.2, 0) is 15.6 Å². The van der Waals surface area contributed by atoms with Crippen LogP contribution in [0.15, 0.2) is 24.3 Å². The molecule has 0 atom stereocenters. The van der Waals surface area contributed by atoms with Gasteiger partial charge in [0.05, 0.1) is 0 Å². The number of hydrogen-bond donors (Lipinski definition) is 1. The second-order valence-corrected chi connectivity index (χ2v) is 9.51. The zero-order valence-electron chi connectivity index (χ0n) is 14.5. The summed E-state index contributed by atoms with van der Waals surface area (Å²) in [6, 6.07) is 7.13. The van der Waals surface area contributed by atoms with Gasteiger partial charge in [0.2, 0.25) is 0 Å². The first-order chi connectivity index (χ1) is 11.0. The predicted molar refractivity (Wildman–Crippen MR) is 97.6 cm³/mol. The Morgan fingerprint density at radius 1 is 0.958 bits per heavy atom. The molecule has 0 spiro atoms. The van der Waals surface area contributed by atoms with E-state index in [0.717, 1.165) is 9.75 Å². The van der Waals surface area contributed by atoms with E-state index >= 15 is 0 Å². The number of carbonyl (C=O) groups is 2. The monoisotopic (exact) mass is 366 g/mol. The Hall–Kier alpha value is -1.66. The maximum absolute atomic E-state index is 12.3. The molecule has 2 aromatic heterocycles. The van der Waals surface area contributed by atoms with Gasteiger partial charge in [0.15, 0.2) is 0 Å². The highest BCUT2D eigenvalue weighted by Crippen LogP contribution is 2.32. The second kappa shape index (κ2) is 6.69. The van der Waals surface area contributed by atoms with Gasteiger partial charge in [-0.05, 0) is 29.7 Å². The van der Waals surface area contributed by atoms with Crippen LogP contribution in [0.3, 0.4) is 0 Å². The van der Waals surface area contributed by atoms with E-state index in [9.17, 15) is 9.59 Å². The van der Waals surface area contributed by atoms with Gasteiger partial charge >= 0.3 is 11.9 Å². The van der Waals surface area contributed by atoms with Crippen molar-refractivity contribution < 1.29 is 19.4 Å². The van der Waals surface area contributed by atoms with E-state index in [1.54, 1.807) is 18.2 Å². The van der Waals surface area contributed by atoms with Gasteiger partial charge in [0.25, 0.3) is 0 Å². The summed E-state index contributed by atoms with van der Waals surface area (Å²) >= 11 is 2.67. The van der Waals surface area contributed by atoms with Crippen LogP contribution in [0.1, 0.15) is 63.7 Å². The largest absolute Gasteiger partial charge is 0.477 e. The van der Waals surface area contributed by atoms with E-state index in [1.165, 1.54) is 22.7 Å². The molecule has 1 N–H and O–H groups in total. The number of carboxylic acid groups (broad SMARTS) is 1. The third-order valence-electron chi connectivity index (χ3n) is 3.59. The summed E-state index contributed by atoms with van der Waals surface area (Å²) in [7, 11) is 0. The minimum absolute atomic E-state index is 0.00662. The van der Waals surface area contributed by atoms with E-state index in [4.69, 9.17) is 9.84 Å². The Balaban J connectivity index is 2.04. The highest BCUT2D eigenvalue weighted by molar-refractivity contribution is 7.14. The first-order valence-electron chi connectivity index (χ1n) is 7.62. The molecule has 0 unspecified atom stereocenters. The summed E-state index contributed by atoms with van der Waals surface area (Å²) in [5.41, 5.74) is -0.426. The van der Waals surface area contributed by atoms with Gasteiger partial charge in [-0.25, -0.2) is 9.59 Å². The first kappa shape index (κ1) is 18.7. The van der Waals surface area contributed by atoms with Gasteiger partial charge in [-0.3, -0.25) is 0 Å². The molecule has 130 valence electrons. The average Bonchev–Trinajstić information content (AvgIpc) is 3.13. The molecular formula is C18H22O4S2. The fourth-order valence-electron chi connectivity index (χ4n) is 2.06. The maximum atomic E-state index is 12.3. The molecule has 0 saturated carbocycles. The van der Waals surface area contributed by atoms with E-state index < -0.39 is 11.4 Å². The predicted octanol–water partition coefficient (Wildman–Crippen LogP) is 4.94. The van der Waals surface area contributed by atoms with Crippen LogP contribution >= 0.6 is 22.7 Å². The highest BCUT2D eigenvalue weighted by atomic mass is 32.1. The molecule has 2 rings (SSSR count). The molecular weight excluding hydrogens is 344 g/mol. The Bertz CT molecular complexity index is 747. The summed E-state index contributed by atoms with van der Waals surface area (Å²) in [4.78, 5) is 26.2. The van der Waals surface area contributed by atoms with Crippen molar-refractivity contribution in [2.75, 3.05) is 6.61 Å². The van der Waals surface area contributed by atoms with E-state index in [0.29, 0.717) is 4.88 Å². The minimum Gasteiger partial charge on any atom is -0.477 e. The molecule has 0 bridgehead atoms. The number of ether oxygens (including phenoxy) is 1. The molecule has 2 aromatic rings. The van der Waals surface area contributed by atoms with Gasteiger partial charge in [0, 0.05) is 15.2 Å². The molecule has 0 fully saturated rings. The number of carbonyl (C=O) groups excluding carboxylic acids is 1. The quantitative estimate of drug-likeness (QED) is 0.761. The molecule has 0 aliphatic carbocycles. The van der Waals surface area contributed by atoms with E-state index in [1.807, 2.05) is 19.9 Å². The molecule has 0 radical (unpaired) electrons. The Kier molecular flexibility index (Phi) is 5.20. The van der Waals surface area contributed by atoms with Crippen molar-refractivity contribution in [3.05, 3.63) is 43.8 Å². The number of thiophene rings is 2. The minimum atomic E-state index is -0.938. The zero-order valence-corrected chi connectivity index (χ0v) is 16.1. The molecule has 0 saturated heterocycles. The zero-order chi connectivity index (χ0) is 18.1. The molecule has 4 nitrogen and oxygen atoms in total. The average molecular weight is 367 g/mol. The lowest BCUT2D eigenvalue weighted by atomic mass is 9.93. The normalized spacial score (nSPS) is 12.2. The van der Waals surface area contributed by atoms with Crippen LogP contribution in [0.2, 0.25) is 0 Å². The van der Waals surface area contributed by atoms with E-state index in [2.05, 4.69) is 20.8 Å². The van der Waals surface area contributed by atoms with E-state index in [-0.39, 0.29) is 22.9 Å². The fourth-order valence-corrected chi connectivity index (χ4v) is 3.94. The molecule has 2 heterocycles. The molecule has 0 amide bonds. The lowest BCUT2D eigenvalue weighted by Crippen LogP contribution is -2.25. The number of rotatable bonds is 5. The Labute approximate surface area is 150 Å². The van der Waals surface area contributed by atoms with Crippen molar-refractivity contribution in [1.29, 1.82) is 0 Å². The molecule has 24 heavy (non-hydrogen) atoms. The second-order valence-electron chi connectivity index (χ2n) is 7.34. The van der Waals surface area contributed by atoms with Crippen molar-refractivity contribution in [1.82, 2.24) is 0 Å². The number of esters is 1. The van der Waals surface area contributed by atoms with Crippen LogP contribution in [0.5, 0.6) is 0 Å².